The van der Waals surface area contributed by atoms with Gasteiger partial charge in [-0.15, -0.1) is 0 Å². The Morgan fingerprint density at radius 3 is 2.64 bits per heavy atom. The van der Waals surface area contributed by atoms with Crippen LogP contribution in [0.5, 0.6) is 5.75 Å². The van der Waals surface area contributed by atoms with Crippen molar-refractivity contribution in [2.45, 2.75) is 33.1 Å². The summed E-state index contributed by atoms with van der Waals surface area (Å²) in [5.41, 5.74) is 5.08. The molecule has 2 amide bonds. The molecule has 2 heterocycles. The Morgan fingerprint density at radius 2 is 1.82 bits per heavy atom. The normalized spacial score (nSPS) is 11.1. The number of aryl methyl sites for hydroxylation is 2. The van der Waals surface area contributed by atoms with Crippen molar-refractivity contribution in [3.8, 4) is 5.75 Å². The van der Waals surface area contributed by atoms with E-state index in [2.05, 4.69) is 15.7 Å². The Labute approximate surface area is 191 Å². The van der Waals surface area contributed by atoms with Crippen LogP contribution in [0, 0.1) is 13.8 Å². The van der Waals surface area contributed by atoms with Crippen LogP contribution in [0.3, 0.4) is 0 Å². The molecule has 4 aromatic rings. The first-order chi connectivity index (χ1) is 15.9. The molecule has 0 spiro atoms. The van der Waals surface area contributed by atoms with Crippen LogP contribution in [0.15, 0.2) is 48.5 Å². The van der Waals surface area contributed by atoms with Gasteiger partial charge in [-0.3, -0.25) is 9.59 Å². The SMILES string of the molecule is Cc1nc2c3ccccc3nn2c(C)c1CCC(=O)NCCCNC(=O)c1cccc(O)c1. The maximum atomic E-state index is 12.3. The molecule has 3 N–H and O–H groups in total. The van der Waals surface area contributed by atoms with Crippen molar-refractivity contribution in [3.05, 3.63) is 71.0 Å². The molecule has 2 aromatic heterocycles. The average Bonchev–Trinajstić information content (AvgIpc) is 3.17. The standard InChI is InChI=1S/C25H27N5O3/c1-16-20(17(2)30-24(28-16)21-9-3-4-10-22(21)29-30)11-12-23(32)26-13-6-14-27-25(33)18-7-5-8-19(31)15-18/h3-5,7-10,15,31H,6,11-14H2,1-2H3,(H,26,32)(H,27,33). The van der Waals surface area contributed by atoms with Gasteiger partial charge < -0.3 is 15.7 Å². The summed E-state index contributed by atoms with van der Waals surface area (Å²) < 4.78 is 1.86. The number of carbonyl (C=O) groups is 2. The molecule has 0 aliphatic heterocycles. The maximum absolute atomic E-state index is 12.3. The number of nitrogens with one attached hydrogen (secondary N) is 2. The second-order valence-electron chi connectivity index (χ2n) is 8.02. The quantitative estimate of drug-likeness (QED) is 0.361. The maximum Gasteiger partial charge on any atom is 0.251 e. The van der Waals surface area contributed by atoms with E-state index in [1.165, 1.54) is 12.1 Å². The van der Waals surface area contributed by atoms with E-state index in [0.29, 0.717) is 37.9 Å². The van der Waals surface area contributed by atoms with E-state index < -0.39 is 0 Å². The Bertz CT molecular complexity index is 1330. The number of fused-ring (bicyclic) bond motifs is 3. The van der Waals surface area contributed by atoms with Crippen molar-refractivity contribution >= 4 is 28.4 Å². The molecule has 4 rings (SSSR count). The number of hydrogen-bond acceptors (Lipinski definition) is 5. The lowest BCUT2D eigenvalue weighted by Gasteiger charge is -2.11. The number of aromatic hydroxyl groups is 1. The fourth-order valence-corrected chi connectivity index (χ4v) is 3.93. The predicted molar refractivity (Wildman–Crippen MR) is 126 cm³/mol. The second kappa shape index (κ2) is 9.68. The highest BCUT2D eigenvalue weighted by Gasteiger charge is 2.15. The van der Waals surface area contributed by atoms with Gasteiger partial charge in [0.1, 0.15) is 5.75 Å². The highest BCUT2D eigenvalue weighted by Crippen LogP contribution is 2.22. The molecule has 0 bridgehead atoms. The Balaban J connectivity index is 1.27. The summed E-state index contributed by atoms with van der Waals surface area (Å²) >= 11 is 0. The number of hydrogen-bond donors (Lipinski definition) is 3. The van der Waals surface area contributed by atoms with Crippen LogP contribution < -0.4 is 10.6 Å². The Kier molecular flexibility index (Phi) is 6.53. The molecular formula is C25H27N5O3. The molecule has 33 heavy (non-hydrogen) atoms. The van der Waals surface area contributed by atoms with Gasteiger partial charge in [0.25, 0.3) is 5.91 Å². The van der Waals surface area contributed by atoms with Crippen molar-refractivity contribution in [3.63, 3.8) is 0 Å². The van der Waals surface area contributed by atoms with Gasteiger partial charge in [-0.2, -0.15) is 5.10 Å². The summed E-state index contributed by atoms with van der Waals surface area (Å²) in [6.45, 7) is 4.88. The van der Waals surface area contributed by atoms with Gasteiger partial charge in [-0.05, 0) is 62.6 Å². The number of rotatable bonds is 8. The number of phenols is 1. The summed E-state index contributed by atoms with van der Waals surface area (Å²) in [4.78, 5) is 29.1. The number of phenolic OH excluding ortho intramolecular Hbond substituents is 1. The minimum absolute atomic E-state index is 0.0427. The van der Waals surface area contributed by atoms with Crippen LogP contribution in [-0.2, 0) is 11.2 Å². The second-order valence-corrected chi connectivity index (χ2v) is 8.02. The third kappa shape index (κ3) is 4.95. The predicted octanol–water partition coefficient (Wildman–Crippen LogP) is 3.07. The molecule has 8 nitrogen and oxygen atoms in total. The van der Waals surface area contributed by atoms with E-state index in [-0.39, 0.29) is 17.6 Å². The monoisotopic (exact) mass is 445 g/mol. The van der Waals surface area contributed by atoms with Gasteiger partial charge in [-0.25, -0.2) is 9.50 Å². The zero-order valence-corrected chi connectivity index (χ0v) is 18.8. The summed E-state index contributed by atoms with van der Waals surface area (Å²) in [6.07, 6.45) is 1.55. The van der Waals surface area contributed by atoms with E-state index in [4.69, 9.17) is 4.98 Å². The van der Waals surface area contributed by atoms with Gasteiger partial charge in [0.2, 0.25) is 5.91 Å². The molecule has 0 aliphatic carbocycles. The average molecular weight is 446 g/mol. The fraction of sp³-hybridized carbons (Fsp3) is 0.280. The van der Waals surface area contributed by atoms with E-state index in [9.17, 15) is 14.7 Å². The van der Waals surface area contributed by atoms with Crippen molar-refractivity contribution in [2.75, 3.05) is 13.1 Å². The summed E-state index contributed by atoms with van der Waals surface area (Å²) in [6, 6.07) is 14.1. The fourth-order valence-electron chi connectivity index (χ4n) is 3.93. The van der Waals surface area contributed by atoms with Gasteiger partial charge in [0, 0.05) is 41.8 Å². The molecule has 170 valence electrons. The van der Waals surface area contributed by atoms with Crippen LogP contribution in [0.1, 0.15) is 40.2 Å². The highest BCUT2D eigenvalue weighted by atomic mass is 16.3. The number of amides is 2. The van der Waals surface area contributed by atoms with Gasteiger partial charge >= 0.3 is 0 Å². The molecule has 0 saturated carbocycles. The zero-order chi connectivity index (χ0) is 23.4. The highest BCUT2D eigenvalue weighted by molar-refractivity contribution is 5.94. The summed E-state index contributed by atoms with van der Waals surface area (Å²) in [5, 5.41) is 20.8. The molecule has 0 unspecified atom stereocenters. The number of nitrogens with zero attached hydrogens (tertiary/aromatic N) is 3. The van der Waals surface area contributed by atoms with Gasteiger partial charge in [0.05, 0.1) is 5.52 Å². The minimum atomic E-state index is -0.252. The first-order valence-corrected chi connectivity index (χ1v) is 11.0. The van der Waals surface area contributed by atoms with Crippen LogP contribution in [-0.4, -0.2) is 44.6 Å². The Morgan fingerprint density at radius 1 is 1.03 bits per heavy atom. The van der Waals surface area contributed by atoms with Crippen LogP contribution in [0.25, 0.3) is 16.6 Å². The van der Waals surface area contributed by atoms with E-state index in [1.807, 2.05) is 42.6 Å². The van der Waals surface area contributed by atoms with Crippen molar-refractivity contribution in [1.82, 2.24) is 25.2 Å². The minimum Gasteiger partial charge on any atom is -0.508 e. The molecular weight excluding hydrogens is 418 g/mol. The third-order valence-corrected chi connectivity index (χ3v) is 5.69. The summed E-state index contributed by atoms with van der Waals surface area (Å²) in [7, 11) is 0. The summed E-state index contributed by atoms with van der Waals surface area (Å²) in [5.74, 6) is -0.244. The molecule has 8 heteroatoms. The van der Waals surface area contributed by atoms with Crippen LogP contribution in [0.2, 0.25) is 0 Å². The molecule has 0 saturated heterocycles. The lowest BCUT2D eigenvalue weighted by molar-refractivity contribution is -0.121. The van der Waals surface area contributed by atoms with Crippen molar-refractivity contribution in [2.24, 2.45) is 0 Å². The topological polar surface area (TPSA) is 109 Å². The van der Waals surface area contributed by atoms with E-state index >= 15 is 0 Å². The molecule has 0 aliphatic rings. The van der Waals surface area contributed by atoms with Crippen LogP contribution in [0.4, 0.5) is 0 Å². The number of aromatic nitrogens is 3. The van der Waals surface area contributed by atoms with E-state index in [0.717, 1.165) is 33.5 Å². The van der Waals surface area contributed by atoms with Gasteiger partial charge in [-0.1, -0.05) is 18.2 Å². The van der Waals surface area contributed by atoms with E-state index in [1.54, 1.807) is 12.1 Å². The smallest absolute Gasteiger partial charge is 0.251 e. The number of carbonyl (C=O) groups excluding carboxylic acids is 2. The van der Waals surface area contributed by atoms with Crippen LogP contribution >= 0.6 is 0 Å². The van der Waals surface area contributed by atoms with Gasteiger partial charge in [0.15, 0.2) is 5.65 Å². The van der Waals surface area contributed by atoms with Crippen molar-refractivity contribution < 1.29 is 14.7 Å². The molecule has 2 aromatic carbocycles. The largest absolute Gasteiger partial charge is 0.508 e. The molecule has 0 atom stereocenters. The van der Waals surface area contributed by atoms with Crippen molar-refractivity contribution in [1.29, 1.82) is 0 Å². The zero-order valence-electron chi connectivity index (χ0n) is 18.8. The lowest BCUT2D eigenvalue weighted by atomic mass is 10.1. The lowest BCUT2D eigenvalue weighted by Crippen LogP contribution is -2.30. The first kappa shape index (κ1) is 22.3. The molecule has 0 radical (unpaired) electrons. The third-order valence-electron chi connectivity index (χ3n) is 5.69. The number of benzene rings is 2. The molecule has 0 fully saturated rings. The Hall–Kier alpha value is -3.94. The first-order valence-electron chi connectivity index (χ1n) is 11.0.